The van der Waals surface area contributed by atoms with Crippen LogP contribution in [-0.4, -0.2) is 18.7 Å². The first kappa shape index (κ1) is 18.0. The Kier molecular flexibility index (Phi) is 8.67. The third-order valence-electron chi connectivity index (χ3n) is 2.94. The van der Waals surface area contributed by atoms with Gasteiger partial charge in [0.2, 0.25) is 0 Å². The Morgan fingerprint density at radius 2 is 1.64 bits per heavy atom. The van der Waals surface area contributed by atoms with Crippen LogP contribution >= 0.6 is 0 Å². The minimum absolute atomic E-state index is 0.228. The van der Waals surface area contributed by atoms with Crippen molar-refractivity contribution in [1.29, 1.82) is 0 Å². The van der Waals surface area contributed by atoms with Gasteiger partial charge >= 0.3 is 12.1 Å². The molecule has 0 atom stereocenters. The lowest BCUT2D eigenvalue weighted by Gasteiger charge is -2.04. The highest BCUT2D eigenvalue weighted by molar-refractivity contribution is 5.88. The lowest BCUT2D eigenvalue weighted by atomic mass is 10.1. The molecule has 0 spiro atoms. The molecule has 1 aromatic carbocycles. The number of unbranched alkanes of at least 4 members (excludes halogenated alkanes) is 2. The first-order valence-electron chi connectivity index (χ1n) is 7.48. The normalized spacial score (nSPS) is 10.1. The van der Waals surface area contributed by atoms with Crippen LogP contribution in [0.2, 0.25) is 0 Å². The smallest absolute Gasteiger partial charge is 0.432 e. The molecule has 6 heteroatoms. The van der Waals surface area contributed by atoms with Gasteiger partial charge in [0.15, 0.2) is 0 Å². The Bertz CT molecular complexity index is 454. The SMILES string of the molecule is CCCCOC(=O)OOOC(=O)c1ccc(CCCC)cc1. The van der Waals surface area contributed by atoms with Crippen molar-refractivity contribution in [2.24, 2.45) is 0 Å². The van der Waals surface area contributed by atoms with E-state index in [4.69, 9.17) is 0 Å². The molecule has 0 N–H and O–H groups in total. The Morgan fingerprint density at radius 3 is 2.27 bits per heavy atom. The number of ether oxygens (including phenoxy) is 1. The summed E-state index contributed by atoms with van der Waals surface area (Å²) in [7, 11) is 0. The standard InChI is InChI=1S/C16H22O6/c1-3-5-7-13-8-10-14(11-9-13)15(17)20-22-21-16(18)19-12-6-4-2/h8-11H,3-7,12H2,1-2H3. The molecule has 0 radical (unpaired) electrons. The highest BCUT2D eigenvalue weighted by Gasteiger charge is 2.11. The van der Waals surface area contributed by atoms with Crippen molar-refractivity contribution < 1.29 is 29.1 Å². The van der Waals surface area contributed by atoms with E-state index in [1.54, 1.807) is 12.1 Å². The quantitative estimate of drug-likeness (QED) is 0.297. The maximum Gasteiger partial charge on any atom is 0.543 e. The van der Waals surface area contributed by atoms with Crippen molar-refractivity contribution in [3.63, 3.8) is 0 Å². The van der Waals surface area contributed by atoms with Gasteiger partial charge in [-0.2, -0.15) is 0 Å². The van der Waals surface area contributed by atoms with Crippen LogP contribution in [0.3, 0.4) is 0 Å². The second kappa shape index (κ2) is 10.6. The molecule has 0 aromatic heterocycles. The number of rotatable bonds is 9. The van der Waals surface area contributed by atoms with Gasteiger partial charge < -0.3 is 4.74 Å². The van der Waals surface area contributed by atoms with Gasteiger partial charge in [-0.25, -0.2) is 14.5 Å². The first-order valence-corrected chi connectivity index (χ1v) is 7.48. The fourth-order valence-electron chi connectivity index (χ4n) is 1.64. The zero-order chi connectivity index (χ0) is 16.2. The molecule has 0 aliphatic rings. The summed E-state index contributed by atoms with van der Waals surface area (Å²) < 4.78 is 4.65. The minimum atomic E-state index is -1.05. The third-order valence-corrected chi connectivity index (χ3v) is 2.94. The molecule has 1 rings (SSSR count). The van der Waals surface area contributed by atoms with Crippen LogP contribution in [0.15, 0.2) is 24.3 Å². The predicted octanol–water partition coefficient (Wildman–Crippen LogP) is 3.99. The number of carbonyl (C=O) groups is 2. The van der Waals surface area contributed by atoms with Crippen LogP contribution in [0.5, 0.6) is 0 Å². The molecule has 0 aliphatic carbocycles. The van der Waals surface area contributed by atoms with Gasteiger partial charge in [0.25, 0.3) is 0 Å². The highest BCUT2D eigenvalue weighted by atomic mass is 17.5. The second-order valence-electron chi connectivity index (χ2n) is 4.77. The summed E-state index contributed by atoms with van der Waals surface area (Å²) in [5, 5.41) is 4.11. The average Bonchev–Trinajstić information content (AvgIpc) is 2.53. The van der Waals surface area contributed by atoms with E-state index < -0.39 is 12.1 Å². The number of hydrogen-bond acceptors (Lipinski definition) is 6. The van der Waals surface area contributed by atoms with Gasteiger partial charge in [-0.3, -0.25) is 4.89 Å². The summed E-state index contributed by atoms with van der Waals surface area (Å²) in [6.45, 7) is 4.31. The van der Waals surface area contributed by atoms with Crippen molar-refractivity contribution in [3.05, 3.63) is 35.4 Å². The summed E-state index contributed by atoms with van der Waals surface area (Å²) in [5.41, 5.74) is 1.46. The van der Waals surface area contributed by atoms with Crippen molar-refractivity contribution in [3.8, 4) is 0 Å². The molecule has 0 aliphatic heterocycles. The van der Waals surface area contributed by atoms with E-state index in [1.165, 1.54) is 0 Å². The van der Waals surface area contributed by atoms with Gasteiger partial charge in [0, 0.05) is 0 Å². The van der Waals surface area contributed by atoms with E-state index in [9.17, 15) is 9.59 Å². The van der Waals surface area contributed by atoms with E-state index in [0.717, 1.165) is 37.7 Å². The van der Waals surface area contributed by atoms with Gasteiger partial charge in [-0.1, -0.05) is 38.8 Å². The minimum Gasteiger partial charge on any atom is -0.432 e. The van der Waals surface area contributed by atoms with Crippen molar-refractivity contribution in [2.75, 3.05) is 6.61 Å². The summed E-state index contributed by atoms with van der Waals surface area (Å²) in [6, 6.07) is 6.98. The maximum atomic E-state index is 11.6. The Hall–Kier alpha value is -2.08. The molecule has 0 heterocycles. The number of benzene rings is 1. The van der Waals surface area contributed by atoms with E-state index in [2.05, 4.69) is 26.5 Å². The molecule has 0 fully saturated rings. The molecule has 0 unspecified atom stereocenters. The Morgan fingerprint density at radius 1 is 0.955 bits per heavy atom. The van der Waals surface area contributed by atoms with Crippen LogP contribution in [0.25, 0.3) is 0 Å². The first-order chi connectivity index (χ1) is 10.7. The van der Waals surface area contributed by atoms with Crippen LogP contribution < -0.4 is 0 Å². The predicted molar refractivity (Wildman–Crippen MR) is 78.9 cm³/mol. The topological polar surface area (TPSA) is 71.1 Å². The van der Waals surface area contributed by atoms with E-state index in [1.807, 2.05) is 19.1 Å². The molecule has 122 valence electrons. The van der Waals surface area contributed by atoms with Gasteiger partial charge in [-0.15, -0.1) is 0 Å². The molecule has 0 bridgehead atoms. The number of hydrogen-bond donors (Lipinski definition) is 0. The molecule has 1 aromatic rings. The highest BCUT2D eigenvalue weighted by Crippen LogP contribution is 2.09. The van der Waals surface area contributed by atoms with Crippen LogP contribution in [0.1, 0.15) is 55.5 Å². The Labute approximate surface area is 130 Å². The fraction of sp³-hybridized carbons (Fsp3) is 0.500. The zero-order valence-electron chi connectivity index (χ0n) is 13.0. The summed E-state index contributed by atoms with van der Waals surface area (Å²) in [6.07, 6.45) is 3.74. The number of aryl methyl sites for hydroxylation is 1. The van der Waals surface area contributed by atoms with E-state index >= 15 is 0 Å². The molecule has 0 amide bonds. The molecule has 6 nitrogen and oxygen atoms in total. The molecule has 0 saturated carbocycles. The third kappa shape index (κ3) is 7.08. The monoisotopic (exact) mass is 310 g/mol. The summed E-state index contributed by atoms with van der Waals surface area (Å²) in [4.78, 5) is 31.2. The van der Waals surface area contributed by atoms with Crippen LogP contribution in [0.4, 0.5) is 4.79 Å². The average molecular weight is 310 g/mol. The lowest BCUT2D eigenvalue weighted by Crippen LogP contribution is -2.12. The van der Waals surface area contributed by atoms with Crippen molar-refractivity contribution in [1.82, 2.24) is 0 Å². The molecule has 0 saturated heterocycles. The summed E-state index contributed by atoms with van der Waals surface area (Å²) in [5.74, 6) is -0.747. The number of carbonyl (C=O) groups excluding carboxylic acids is 2. The van der Waals surface area contributed by atoms with Gasteiger partial charge in [0.1, 0.15) is 0 Å². The largest absolute Gasteiger partial charge is 0.543 e. The van der Waals surface area contributed by atoms with Crippen LogP contribution in [0, 0.1) is 0 Å². The lowest BCUT2D eigenvalue weighted by molar-refractivity contribution is -0.452. The zero-order valence-corrected chi connectivity index (χ0v) is 13.0. The fourth-order valence-corrected chi connectivity index (χ4v) is 1.64. The van der Waals surface area contributed by atoms with Crippen molar-refractivity contribution in [2.45, 2.75) is 46.0 Å². The Balaban J connectivity index is 2.28. The summed E-state index contributed by atoms with van der Waals surface area (Å²) >= 11 is 0. The van der Waals surface area contributed by atoms with Crippen molar-refractivity contribution >= 4 is 12.1 Å². The van der Waals surface area contributed by atoms with E-state index in [-0.39, 0.29) is 6.61 Å². The molecule has 22 heavy (non-hydrogen) atoms. The molecular weight excluding hydrogens is 288 g/mol. The van der Waals surface area contributed by atoms with Crippen LogP contribution in [-0.2, 0) is 26.0 Å². The molecular formula is C16H22O6. The second-order valence-corrected chi connectivity index (χ2v) is 4.77. The van der Waals surface area contributed by atoms with Gasteiger partial charge in [-0.05, 0) is 37.0 Å². The maximum absolute atomic E-state index is 11.6. The van der Waals surface area contributed by atoms with E-state index in [0.29, 0.717) is 5.56 Å². The van der Waals surface area contributed by atoms with Gasteiger partial charge in [0.05, 0.1) is 17.2 Å².